The van der Waals surface area contributed by atoms with Gasteiger partial charge in [-0.15, -0.1) is 0 Å². The van der Waals surface area contributed by atoms with E-state index in [1.807, 2.05) is 0 Å². The number of phenolic OH excluding ortho intramolecular Hbond substituents is 1. The van der Waals surface area contributed by atoms with Gasteiger partial charge in [0, 0.05) is 11.6 Å². The lowest BCUT2D eigenvalue weighted by atomic mass is 10.2. The van der Waals surface area contributed by atoms with Gasteiger partial charge in [0.25, 0.3) is 11.6 Å². The Morgan fingerprint density at radius 1 is 0.793 bits per heavy atom. The Morgan fingerprint density at radius 2 is 1.38 bits per heavy atom. The number of para-hydroxylation sites is 2. The quantitative estimate of drug-likeness (QED) is 0.293. The molecule has 0 radical (unpaired) electrons. The number of anilines is 3. The molecule has 0 atom stereocenters. The third-order valence-electron chi connectivity index (χ3n) is 3.90. The van der Waals surface area contributed by atoms with Crippen LogP contribution in [0.4, 0.5) is 27.5 Å². The predicted molar refractivity (Wildman–Crippen MR) is 108 cm³/mol. The second kappa shape index (κ2) is 8.53. The van der Waals surface area contributed by atoms with Crippen LogP contribution in [-0.4, -0.2) is 22.0 Å². The SMILES string of the molecule is O=C(Nc1ccc([N+](=O)[O-])cc1O)Nc1ccccc1NC(=O)c1ccccc1. The van der Waals surface area contributed by atoms with Gasteiger partial charge in [0.2, 0.25) is 0 Å². The lowest BCUT2D eigenvalue weighted by Gasteiger charge is -2.13. The molecular formula is C20H16N4O5. The number of aromatic hydroxyl groups is 1. The highest BCUT2D eigenvalue weighted by molar-refractivity contribution is 6.08. The maximum absolute atomic E-state index is 12.3. The minimum Gasteiger partial charge on any atom is -0.506 e. The molecule has 146 valence electrons. The van der Waals surface area contributed by atoms with Crippen molar-refractivity contribution in [3.63, 3.8) is 0 Å². The van der Waals surface area contributed by atoms with Crippen molar-refractivity contribution in [2.45, 2.75) is 0 Å². The molecule has 29 heavy (non-hydrogen) atoms. The van der Waals surface area contributed by atoms with Gasteiger partial charge >= 0.3 is 6.03 Å². The van der Waals surface area contributed by atoms with E-state index in [4.69, 9.17) is 0 Å². The first-order valence-electron chi connectivity index (χ1n) is 8.45. The molecule has 0 bridgehead atoms. The predicted octanol–water partition coefficient (Wildman–Crippen LogP) is 4.20. The molecule has 3 amide bonds. The first kappa shape index (κ1) is 19.4. The van der Waals surface area contributed by atoms with Crippen molar-refractivity contribution in [2.75, 3.05) is 16.0 Å². The Hall–Kier alpha value is -4.40. The Morgan fingerprint density at radius 3 is 2.00 bits per heavy atom. The van der Waals surface area contributed by atoms with Crippen molar-refractivity contribution in [2.24, 2.45) is 0 Å². The Bertz CT molecular complexity index is 1070. The number of nitrogens with zero attached hydrogens (tertiary/aromatic N) is 1. The number of amides is 3. The first-order valence-corrected chi connectivity index (χ1v) is 8.45. The Kier molecular flexibility index (Phi) is 5.69. The summed E-state index contributed by atoms with van der Waals surface area (Å²) in [5, 5.41) is 28.3. The number of carbonyl (C=O) groups is 2. The smallest absolute Gasteiger partial charge is 0.323 e. The van der Waals surface area contributed by atoms with Gasteiger partial charge in [-0.05, 0) is 30.3 Å². The number of nitro groups is 1. The number of nitrogens with one attached hydrogen (secondary N) is 3. The van der Waals surface area contributed by atoms with Gasteiger partial charge in [0.15, 0.2) is 0 Å². The molecule has 3 aromatic carbocycles. The van der Waals surface area contributed by atoms with Gasteiger partial charge in [-0.25, -0.2) is 4.79 Å². The number of rotatable bonds is 5. The van der Waals surface area contributed by atoms with Crippen LogP contribution in [0.5, 0.6) is 5.75 Å². The number of phenols is 1. The molecule has 0 aliphatic carbocycles. The fraction of sp³-hybridized carbons (Fsp3) is 0. The molecule has 0 saturated heterocycles. The van der Waals surface area contributed by atoms with E-state index in [0.29, 0.717) is 16.9 Å². The molecule has 0 spiro atoms. The molecule has 0 aliphatic heterocycles. The number of carbonyl (C=O) groups excluding carboxylic acids is 2. The molecule has 4 N–H and O–H groups in total. The zero-order chi connectivity index (χ0) is 20.8. The maximum atomic E-state index is 12.3. The number of hydrogen-bond donors (Lipinski definition) is 4. The van der Waals surface area contributed by atoms with Crippen LogP contribution in [0.25, 0.3) is 0 Å². The van der Waals surface area contributed by atoms with Crippen molar-refractivity contribution >= 4 is 34.7 Å². The van der Waals surface area contributed by atoms with Crippen LogP contribution in [0.2, 0.25) is 0 Å². The van der Waals surface area contributed by atoms with Crippen LogP contribution in [0, 0.1) is 10.1 Å². The molecule has 3 aromatic rings. The zero-order valence-electron chi connectivity index (χ0n) is 15.0. The van der Waals surface area contributed by atoms with Crippen LogP contribution >= 0.6 is 0 Å². The molecule has 3 rings (SSSR count). The van der Waals surface area contributed by atoms with E-state index < -0.39 is 16.7 Å². The van der Waals surface area contributed by atoms with Crippen molar-refractivity contribution < 1.29 is 19.6 Å². The molecule has 9 nitrogen and oxygen atoms in total. The first-order chi connectivity index (χ1) is 13.9. The molecular weight excluding hydrogens is 376 g/mol. The van der Waals surface area contributed by atoms with Gasteiger partial charge in [0.1, 0.15) is 5.75 Å². The number of benzene rings is 3. The van der Waals surface area contributed by atoms with Gasteiger partial charge in [-0.3, -0.25) is 14.9 Å². The van der Waals surface area contributed by atoms with E-state index in [1.165, 1.54) is 6.07 Å². The van der Waals surface area contributed by atoms with Crippen molar-refractivity contribution in [1.82, 2.24) is 0 Å². The van der Waals surface area contributed by atoms with E-state index in [1.54, 1.807) is 54.6 Å². The monoisotopic (exact) mass is 392 g/mol. The van der Waals surface area contributed by atoms with E-state index in [0.717, 1.165) is 12.1 Å². The summed E-state index contributed by atoms with van der Waals surface area (Å²) in [6.45, 7) is 0. The number of hydrogen-bond acceptors (Lipinski definition) is 5. The third-order valence-corrected chi connectivity index (χ3v) is 3.90. The van der Waals surface area contributed by atoms with Crippen molar-refractivity contribution in [3.05, 3.63) is 88.5 Å². The second-order valence-corrected chi connectivity index (χ2v) is 5.90. The van der Waals surface area contributed by atoms with Gasteiger partial charge < -0.3 is 21.1 Å². The van der Waals surface area contributed by atoms with E-state index in [2.05, 4.69) is 16.0 Å². The van der Waals surface area contributed by atoms with Crippen LogP contribution in [0.15, 0.2) is 72.8 Å². The second-order valence-electron chi connectivity index (χ2n) is 5.90. The molecule has 0 unspecified atom stereocenters. The van der Waals surface area contributed by atoms with E-state index in [-0.39, 0.29) is 17.3 Å². The van der Waals surface area contributed by atoms with Crippen molar-refractivity contribution in [3.8, 4) is 5.75 Å². The lowest BCUT2D eigenvalue weighted by Crippen LogP contribution is -2.21. The summed E-state index contributed by atoms with van der Waals surface area (Å²) in [5.41, 5.74) is 0.865. The summed E-state index contributed by atoms with van der Waals surface area (Å²) in [7, 11) is 0. The topological polar surface area (TPSA) is 134 Å². The number of non-ortho nitro benzene ring substituents is 1. The fourth-order valence-electron chi connectivity index (χ4n) is 2.50. The summed E-state index contributed by atoms with van der Waals surface area (Å²) in [6, 6.07) is 17.8. The average molecular weight is 392 g/mol. The third kappa shape index (κ3) is 4.86. The highest BCUT2D eigenvalue weighted by atomic mass is 16.6. The van der Waals surface area contributed by atoms with Crippen molar-refractivity contribution in [1.29, 1.82) is 0 Å². The molecule has 0 fully saturated rings. The van der Waals surface area contributed by atoms with Gasteiger partial charge in [-0.1, -0.05) is 30.3 Å². The maximum Gasteiger partial charge on any atom is 0.323 e. The normalized spacial score (nSPS) is 10.1. The summed E-state index contributed by atoms with van der Waals surface area (Å²) in [4.78, 5) is 34.7. The van der Waals surface area contributed by atoms with Gasteiger partial charge in [-0.2, -0.15) is 0 Å². The average Bonchev–Trinajstić information content (AvgIpc) is 2.71. The number of urea groups is 1. The lowest BCUT2D eigenvalue weighted by molar-refractivity contribution is -0.384. The van der Waals surface area contributed by atoms with Crippen LogP contribution in [0.1, 0.15) is 10.4 Å². The minimum atomic E-state index is -0.699. The summed E-state index contributed by atoms with van der Waals surface area (Å²) in [5.74, 6) is -0.784. The Labute approximate surface area is 165 Å². The highest BCUT2D eigenvalue weighted by Gasteiger charge is 2.14. The van der Waals surface area contributed by atoms with E-state index >= 15 is 0 Å². The fourth-order valence-corrected chi connectivity index (χ4v) is 2.50. The largest absolute Gasteiger partial charge is 0.506 e. The zero-order valence-corrected chi connectivity index (χ0v) is 15.0. The van der Waals surface area contributed by atoms with Crippen LogP contribution in [-0.2, 0) is 0 Å². The standard InChI is InChI=1S/C20H16N4O5/c25-18-12-14(24(28)29)10-11-17(18)23-20(27)22-16-9-5-4-8-15(16)21-19(26)13-6-2-1-3-7-13/h1-12,25H,(H,21,26)(H2,22,23,27). The molecule has 0 heterocycles. The Balaban J connectivity index is 1.71. The van der Waals surface area contributed by atoms with Gasteiger partial charge in [0.05, 0.1) is 28.1 Å². The van der Waals surface area contributed by atoms with E-state index in [9.17, 15) is 24.8 Å². The highest BCUT2D eigenvalue weighted by Crippen LogP contribution is 2.28. The molecule has 0 aromatic heterocycles. The minimum absolute atomic E-state index is 0.00102. The molecule has 0 saturated carbocycles. The molecule has 0 aliphatic rings. The molecule has 9 heteroatoms. The number of nitro benzene ring substituents is 1. The van der Waals surface area contributed by atoms with Crippen LogP contribution in [0.3, 0.4) is 0 Å². The van der Waals surface area contributed by atoms with Crippen LogP contribution < -0.4 is 16.0 Å². The summed E-state index contributed by atoms with van der Waals surface area (Å²) >= 11 is 0. The summed E-state index contributed by atoms with van der Waals surface area (Å²) < 4.78 is 0. The summed E-state index contributed by atoms with van der Waals surface area (Å²) in [6.07, 6.45) is 0.